The molecule has 0 bridgehead atoms. The number of piperidine rings is 1. The number of amides is 3. The summed E-state index contributed by atoms with van der Waals surface area (Å²) in [5.74, 6) is -1.54. The molecule has 2 heterocycles. The minimum atomic E-state index is -4.91. The lowest BCUT2D eigenvalue weighted by atomic mass is 9.90. The van der Waals surface area contributed by atoms with Crippen molar-refractivity contribution >= 4 is 23.6 Å². The molecule has 3 aromatic rings. The predicted octanol–water partition coefficient (Wildman–Crippen LogP) is 7.39. The van der Waals surface area contributed by atoms with Gasteiger partial charge in [-0.1, -0.05) is 60.7 Å². The second kappa shape index (κ2) is 15.0. The molecule has 0 aliphatic carbocycles. The van der Waals surface area contributed by atoms with Crippen LogP contribution < -0.4 is 15.0 Å². The van der Waals surface area contributed by atoms with Gasteiger partial charge in [-0.15, -0.1) is 0 Å². The zero-order chi connectivity index (χ0) is 37.1. The fourth-order valence-corrected chi connectivity index (χ4v) is 6.86. The maximum absolute atomic E-state index is 14.9. The fourth-order valence-electron chi connectivity index (χ4n) is 6.86. The highest BCUT2D eigenvalue weighted by Crippen LogP contribution is 2.47. The molecule has 2 aliphatic rings. The minimum absolute atomic E-state index is 0.00729. The molecule has 0 spiro atoms. The summed E-state index contributed by atoms with van der Waals surface area (Å²) < 4.78 is 56.2. The topological polar surface area (TPSA) is 91.4 Å². The Morgan fingerprint density at radius 3 is 2.29 bits per heavy atom. The second-order valence-corrected chi connectivity index (χ2v) is 14.5. The van der Waals surface area contributed by atoms with Gasteiger partial charge in [0.25, 0.3) is 11.8 Å². The van der Waals surface area contributed by atoms with Crippen LogP contribution in [0.15, 0.2) is 72.8 Å². The molecule has 0 saturated carbocycles. The van der Waals surface area contributed by atoms with Crippen molar-refractivity contribution in [1.29, 1.82) is 0 Å². The standard InChI is InChI=1S/C39H47F3N4O5/c1-26(2)46(29-18-13-20-44(24-29)37(3,4)5)34(47)30-22-32-33(23-31(30)39(40,41)42)51-38(6,28-16-11-8-12-17-28)35(48)45(32)21-19-43-36(49)50-25-27-14-9-7-10-15-27/h7-12,14-17,22-23,26,29H,13,18-21,24-25H2,1-6H3,(H,43,49)/t29-,38+/m1/s1. The number of likely N-dealkylation sites (tertiary alicyclic amines) is 1. The van der Waals surface area contributed by atoms with Gasteiger partial charge in [0, 0.05) is 42.8 Å². The number of ether oxygens (including phenoxy) is 2. The van der Waals surface area contributed by atoms with Crippen LogP contribution in [0, 0.1) is 0 Å². The molecule has 1 fully saturated rings. The van der Waals surface area contributed by atoms with E-state index in [4.69, 9.17) is 9.47 Å². The number of alkyl halides is 3. The van der Waals surface area contributed by atoms with Crippen LogP contribution in [0.5, 0.6) is 5.75 Å². The summed E-state index contributed by atoms with van der Waals surface area (Å²) in [6.07, 6.45) is -4.18. The molecule has 0 unspecified atom stereocenters. The summed E-state index contributed by atoms with van der Waals surface area (Å²) in [6.45, 7) is 12.5. The number of carbonyl (C=O) groups is 3. The van der Waals surface area contributed by atoms with E-state index < -0.39 is 46.9 Å². The number of nitrogens with one attached hydrogen (secondary N) is 1. The third kappa shape index (κ3) is 8.32. The van der Waals surface area contributed by atoms with E-state index >= 15 is 0 Å². The number of halogens is 3. The van der Waals surface area contributed by atoms with Crippen LogP contribution in [-0.4, -0.2) is 71.5 Å². The van der Waals surface area contributed by atoms with Gasteiger partial charge in [0.15, 0.2) is 0 Å². The molecular formula is C39H47F3N4O5. The van der Waals surface area contributed by atoms with Crippen molar-refractivity contribution < 1.29 is 37.0 Å². The van der Waals surface area contributed by atoms with Gasteiger partial charge in [-0.3, -0.25) is 14.5 Å². The Morgan fingerprint density at radius 2 is 1.69 bits per heavy atom. The summed E-state index contributed by atoms with van der Waals surface area (Å²) in [6, 6.07) is 18.8. The van der Waals surface area contributed by atoms with E-state index in [0.29, 0.717) is 18.5 Å². The van der Waals surface area contributed by atoms with Gasteiger partial charge in [-0.25, -0.2) is 4.79 Å². The number of nitrogens with zero attached hydrogens (tertiary/aromatic N) is 3. The van der Waals surface area contributed by atoms with Crippen LogP contribution in [0.4, 0.5) is 23.7 Å². The van der Waals surface area contributed by atoms with E-state index in [1.165, 1.54) is 11.8 Å². The summed E-state index contributed by atoms with van der Waals surface area (Å²) in [7, 11) is 0. The average Bonchev–Trinajstić information content (AvgIpc) is 3.08. The summed E-state index contributed by atoms with van der Waals surface area (Å²) in [5, 5.41) is 2.63. The normalized spacial score (nSPS) is 19.7. The fraction of sp³-hybridized carbons (Fsp3) is 0.462. The lowest BCUT2D eigenvalue weighted by molar-refractivity contribution is -0.138. The number of benzene rings is 3. The van der Waals surface area contributed by atoms with E-state index in [9.17, 15) is 27.6 Å². The van der Waals surface area contributed by atoms with Crippen LogP contribution in [0.3, 0.4) is 0 Å². The zero-order valence-corrected chi connectivity index (χ0v) is 30.0. The second-order valence-electron chi connectivity index (χ2n) is 14.5. The first-order valence-electron chi connectivity index (χ1n) is 17.3. The number of alkyl carbamates (subject to hydrolysis) is 1. The molecule has 51 heavy (non-hydrogen) atoms. The highest BCUT2D eigenvalue weighted by molar-refractivity contribution is 6.05. The minimum Gasteiger partial charge on any atom is -0.471 e. The molecule has 9 nitrogen and oxygen atoms in total. The smallest absolute Gasteiger partial charge is 0.417 e. The van der Waals surface area contributed by atoms with Gasteiger partial charge in [-0.05, 0) is 78.6 Å². The molecule has 5 rings (SSSR count). The van der Waals surface area contributed by atoms with E-state index in [1.807, 2.05) is 30.3 Å². The van der Waals surface area contributed by atoms with E-state index in [2.05, 4.69) is 31.0 Å². The lowest BCUT2D eigenvalue weighted by Gasteiger charge is -2.46. The largest absolute Gasteiger partial charge is 0.471 e. The molecule has 3 amide bonds. The van der Waals surface area contributed by atoms with Crippen LogP contribution in [-0.2, 0) is 27.9 Å². The number of anilines is 1. The third-order valence-corrected chi connectivity index (χ3v) is 9.56. The number of fused-ring (bicyclic) bond motifs is 1. The monoisotopic (exact) mass is 708 g/mol. The van der Waals surface area contributed by atoms with Crippen molar-refractivity contribution in [3.8, 4) is 5.75 Å². The lowest BCUT2D eigenvalue weighted by Crippen LogP contribution is -2.57. The first-order chi connectivity index (χ1) is 24.0. The molecule has 0 radical (unpaired) electrons. The van der Waals surface area contributed by atoms with E-state index in [0.717, 1.165) is 30.7 Å². The van der Waals surface area contributed by atoms with Crippen molar-refractivity contribution in [3.63, 3.8) is 0 Å². The molecule has 1 N–H and O–H groups in total. The first kappa shape index (κ1) is 37.7. The van der Waals surface area contributed by atoms with E-state index in [1.54, 1.807) is 49.1 Å². The van der Waals surface area contributed by atoms with Crippen LogP contribution >= 0.6 is 0 Å². The molecule has 1 saturated heterocycles. The number of hydrogen-bond acceptors (Lipinski definition) is 6. The first-order valence-corrected chi connectivity index (χ1v) is 17.3. The zero-order valence-electron chi connectivity index (χ0n) is 30.0. The van der Waals surface area contributed by atoms with Gasteiger partial charge in [-0.2, -0.15) is 13.2 Å². The van der Waals surface area contributed by atoms with Crippen LogP contribution in [0.2, 0.25) is 0 Å². The Balaban J connectivity index is 1.51. The number of rotatable bonds is 9. The molecular weight excluding hydrogens is 661 g/mol. The van der Waals surface area contributed by atoms with Gasteiger partial charge in [0.1, 0.15) is 12.4 Å². The summed E-state index contributed by atoms with van der Waals surface area (Å²) >= 11 is 0. The van der Waals surface area contributed by atoms with Gasteiger partial charge in [0.05, 0.1) is 16.8 Å². The summed E-state index contributed by atoms with van der Waals surface area (Å²) in [4.78, 5) is 46.4. The molecule has 12 heteroatoms. The van der Waals surface area contributed by atoms with Crippen LogP contribution in [0.25, 0.3) is 0 Å². The Bertz CT molecular complexity index is 1710. The Hall–Kier alpha value is -4.58. The Morgan fingerprint density at radius 1 is 1.04 bits per heavy atom. The highest BCUT2D eigenvalue weighted by atomic mass is 19.4. The van der Waals surface area contributed by atoms with E-state index in [-0.39, 0.29) is 42.7 Å². The molecule has 274 valence electrons. The van der Waals surface area contributed by atoms with Crippen LogP contribution in [0.1, 0.15) is 81.4 Å². The maximum Gasteiger partial charge on any atom is 0.417 e. The van der Waals surface area contributed by atoms with Gasteiger partial charge < -0.3 is 24.6 Å². The van der Waals surface area contributed by atoms with Crippen molar-refractivity contribution in [3.05, 3.63) is 95.1 Å². The number of hydrogen-bond donors (Lipinski definition) is 1. The average molecular weight is 709 g/mol. The van der Waals surface area contributed by atoms with Gasteiger partial charge >= 0.3 is 12.3 Å². The molecule has 3 aromatic carbocycles. The molecule has 2 atom stereocenters. The molecule has 2 aliphatic heterocycles. The quantitative estimate of drug-likeness (QED) is 0.250. The Labute approximate surface area is 297 Å². The maximum atomic E-state index is 14.9. The van der Waals surface area contributed by atoms with Gasteiger partial charge in [0.2, 0.25) is 5.60 Å². The predicted molar refractivity (Wildman–Crippen MR) is 189 cm³/mol. The van der Waals surface area contributed by atoms with Crippen molar-refractivity contribution in [2.45, 2.75) is 90.4 Å². The molecule has 0 aromatic heterocycles. The van der Waals surface area contributed by atoms with Crippen molar-refractivity contribution in [2.24, 2.45) is 0 Å². The summed E-state index contributed by atoms with van der Waals surface area (Å²) in [5.41, 5.74) is -2.36. The number of carbonyl (C=O) groups excluding carboxylic acids is 3. The third-order valence-electron chi connectivity index (χ3n) is 9.56. The Kier molecular flexibility index (Phi) is 11.0. The highest BCUT2D eigenvalue weighted by Gasteiger charge is 2.48. The SMILES string of the molecule is CC(C)N(C(=O)c1cc2c(cc1C(F)(F)F)O[C@@](C)(c1ccccc1)C(=O)N2CCNC(=O)OCc1ccccc1)[C@@H]1CCCN(C(C)(C)C)C1. The van der Waals surface area contributed by atoms with Crippen molar-refractivity contribution in [2.75, 3.05) is 31.1 Å². The van der Waals surface area contributed by atoms with Crippen molar-refractivity contribution in [1.82, 2.24) is 15.1 Å².